The highest BCUT2D eigenvalue weighted by molar-refractivity contribution is 5.96. The molecule has 2 unspecified atom stereocenters. The number of hydrogen-bond donors (Lipinski definition) is 1. The summed E-state index contributed by atoms with van der Waals surface area (Å²) in [6.45, 7) is 2.14. The van der Waals surface area contributed by atoms with Crippen LogP contribution in [-0.4, -0.2) is 42.7 Å². The average molecular weight is 378 g/mol. The van der Waals surface area contributed by atoms with E-state index in [9.17, 15) is 19.7 Å². The Morgan fingerprint density at radius 3 is 2.56 bits per heavy atom. The Balaban J connectivity index is 1.65. The third-order valence-electron chi connectivity index (χ3n) is 4.87. The third kappa shape index (κ3) is 4.47. The van der Waals surface area contributed by atoms with Gasteiger partial charge >= 0.3 is 5.97 Å². The average Bonchev–Trinajstić information content (AvgIpc) is 2.66. The van der Waals surface area contributed by atoms with Crippen LogP contribution in [0.4, 0.5) is 5.69 Å². The monoisotopic (exact) mass is 378 g/mol. The second kappa shape index (κ2) is 8.24. The first-order chi connectivity index (χ1) is 13.0. The van der Waals surface area contributed by atoms with E-state index in [1.807, 2.05) is 0 Å². The number of carbonyl (C=O) groups excluding carboxylic acids is 2. The van der Waals surface area contributed by atoms with Crippen LogP contribution in [-0.2, 0) is 9.53 Å². The summed E-state index contributed by atoms with van der Waals surface area (Å²) in [5.41, 5.74) is -0.728. The second-order valence-electron chi connectivity index (χ2n) is 6.78. The van der Waals surface area contributed by atoms with Gasteiger partial charge in [-0.05, 0) is 18.8 Å². The van der Waals surface area contributed by atoms with E-state index in [-0.39, 0.29) is 36.3 Å². The molecule has 9 heteroatoms. The summed E-state index contributed by atoms with van der Waals surface area (Å²) in [4.78, 5) is 35.0. The molecule has 0 radical (unpaired) electrons. The lowest BCUT2D eigenvalue weighted by Crippen LogP contribution is -2.42. The quantitative estimate of drug-likeness (QED) is 0.474. The van der Waals surface area contributed by atoms with E-state index in [4.69, 9.17) is 14.2 Å². The number of carbonyl (C=O) groups is 2. The van der Waals surface area contributed by atoms with Crippen molar-refractivity contribution in [3.63, 3.8) is 0 Å². The summed E-state index contributed by atoms with van der Waals surface area (Å²) in [5, 5.41) is 14.1. The van der Waals surface area contributed by atoms with Crippen LogP contribution in [0.5, 0.6) is 11.5 Å². The summed E-state index contributed by atoms with van der Waals surface area (Å²) < 4.78 is 15.6. The van der Waals surface area contributed by atoms with E-state index in [0.29, 0.717) is 5.92 Å². The molecule has 9 nitrogen and oxygen atoms in total. The SMILES string of the molecule is CC1CCCCC1NC(=O)COC(=O)c1cc2c(cc1[N+](=O)[O-])OCCO2. The van der Waals surface area contributed by atoms with E-state index < -0.39 is 29.1 Å². The molecule has 1 aromatic carbocycles. The van der Waals surface area contributed by atoms with Crippen molar-refractivity contribution >= 4 is 17.6 Å². The molecule has 1 fully saturated rings. The maximum Gasteiger partial charge on any atom is 0.345 e. The summed E-state index contributed by atoms with van der Waals surface area (Å²) in [5.74, 6) is -0.557. The lowest BCUT2D eigenvalue weighted by molar-refractivity contribution is -0.385. The Morgan fingerprint density at radius 1 is 1.22 bits per heavy atom. The molecule has 1 saturated carbocycles. The molecule has 0 aromatic heterocycles. The van der Waals surface area contributed by atoms with Crippen molar-refractivity contribution in [1.82, 2.24) is 5.32 Å². The van der Waals surface area contributed by atoms with Crippen molar-refractivity contribution in [2.75, 3.05) is 19.8 Å². The maximum absolute atomic E-state index is 12.3. The summed E-state index contributed by atoms with van der Waals surface area (Å²) >= 11 is 0. The van der Waals surface area contributed by atoms with Crippen molar-refractivity contribution in [3.05, 3.63) is 27.8 Å². The molecule has 0 saturated heterocycles. The number of hydrogen-bond acceptors (Lipinski definition) is 7. The van der Waals surface area contributed by atoms with Crippen LogP contribution in [0.2, 0.25) is 0 Å². The largest absolute Gasteiger partial charge is 0.486 e. The van der Waals surface area contributed by atoms with Crippen LogP contribution in [0.25, 0.3) is 0 Å². The topological polar surface area (TPSA) is 117 Å². The molecule has 2 atom stereocenters. The van der Waals surface area contributed by atoms with Crippen molar-refractivity contribution in [2.24, 2.45) is 5.92 Å². The van der Waals surface area contributed by atoms with Crippen LogP contribution in [0.15, 0.2) is 12.1 Å². The fraction of sp³-hybridized carbons (Fsp3) is 0.556. The predicted molar refractivity (Wildman–Crippen MR) is 93.9 cm³/mol. The Hall–Kier alpha value is -2.84. The molecule has 1 aromatic rings. The van der Waals surface area contributed by atoms with E-state index in [2.05, 4.69) is 12.2 Å². The predicted octanol–water partition coefficient (Wildman–Crippen LogP) is 2.22. The molecule has 0 spiro atoms. The van der Waals surface area contributed by atoms with Gasteiger partial charge in [0.15, 0.2) is 18.1 Å². The molecule has 1 heterocycles. The first-order valence-electron chi connectivity index (χ1n) is 9.00. The van der Waals surface area contributed by atoms with Gasteiger partial charge in [0, 0.05) is 12.1 Å². The van der Waals surface area contributed by atoms with Gasteiger partial charge in [0.25, 0.3) is 11.6 Å². The highest BCUT2D eigenvalue weighted by Crippen LogP contribution is 2.36. The lowest BCUT2D eigenvalue weighted by atomic mass is 9.86. The molecule has 1 aliphatic heterocycles. The fourth-order valence-electron chi connectivity index (χ4n) is 3.38. The van der Waals surface area contributed by atoms with Gasteiger partial charge in [-0.25, -0.2) is 4.79 Å². The molecule has 3 rings (SSSR count). The molecule has 1 aliphatic carbocycles. The van der Waals surface area contributed by atoms with Crippen LogP contribution < -0.4 is 14.8 Å². The highest BCUT2D eigenvalue weighted by Gasteiger charge is 2.28. The standard InChI is InChI=1S/C18H22N2O7/c1-11-4-2-3-5-13(11)19-17(21)10-27-18(22)12-8-15-16(26-7-6-25-15)9-14(12)20(23)24/h8-9,11,13H,2-7,10H2,1H3,(H,19,21). The molecular formula is C18H22N2O7. The summed E-state index contributed by atoms with van der Waals surface area (Å²) in [7, 11) is 0. The molecule has 27 heavy (non-hydrogen) atoms. The Labute approximate surface area is 156 Å². The van der Waals surface area contributed by atoms with Crippen LogP contribution >= 0.6 is 0 Å². The number of nitro benzene ring substituents is 1. The van der Waals surface area contributed by atoms with Gasteiger partial charge in [-0.1, -0.05) is 19.8 Å². The minimum atomic E-state index is -0.953. The normalized spacial score (nSPS) is 21.2. The van der Waals surface area contributed by atoms with Gasteiger partial charge in [0.2, 0.25) is 0 Å². The number of nitrogens with one attached hydrogen (secondary N) is 1. The summed E-state index contributed by atoms with van der Waals surface area (Å²) in [6.07, 6.45) is 4.15. The number of ether oxygens (including phenoxy) is 3. The Kier molecular flexibility index (Phi) is 5.78. The highest BCUT2D eigenvalue weighted by atomic mass is 16.6. The number of fused-ring (bicyclic) bond motifs is 1. The van der Waals surface area contributed by atoms with Gasteiger partial charge in [-0.15, -0.1) is 0 Å². The fourth-order valence-corrected chi connectivity index (χ4v) is 3.38. The van der Waals surface area contributed by atoms with E-state index >= 15 is 0 Å². The molecule has 0 bridgehead atoms. The Bertz CT molecular complexity index is 749. The van der Waals surface area contributed by atoms with Gasteiger partial charge in [-0.2, -0.15) is 0 Å². The zero-order valence-electron chi connectivity index (χ0n) is 15.1. The smallest absolute Gasteiger partial charge is 0.345 e. The van der Waals surface area contributed by atoms with Crippen molar-refractivity contribution in [1.29, 1.82) is 0 Å². The van der Waals surface area contributed by atoms with Gasteiger partial charge in [0.05, 0.1) is 11.0 Å². The molecule has 1 N–H and O–H groups in total. The van der Waals surface area contributed by atoms with E-state index in [1.165, 1.54) is 6.07 Å². The number of esters is 1. The van der Waals surface area contributed by atoms with Gasteiger partial charge in [-0.3, -0.25) is 14.9 Å². The number of nitrogens with zero attached hydrogens (tertiary/aromatic N) is 1. The Morgan fingerprint density at radius 2 is 1.89 bits per heavy atom. The number of benzene rings is 1. The lowest BCUT2D eigenvalue weighted by Gasteiger charge is -2.29. The van der Waals surface area contributed by atoms with Gasteiger partial charge in [0.1, 0.15) is 18.8 Å². The number of amides is 1. The molecule has 146 valence electrons. The van der Waals surface area contributed by atoms with Crippen LogP contribution in [0, 0.1) is 16.0 Å². The first-order valence-corrected chi connectivity index (χ1v) is 9.00. The van der Waals surface area contributed by atoms with E-state index in [0.717, 1.165) is 31.7 Å². The maximum atomic E-state index is 12.3. The minimum absolute atomic E-state index is 0.0635. The van der Waals surface area contributed by atoms with Crippen molar-refractivity contribution < 1.29 is 28.7 Å². The molecule has 1 amide bonds. The number of rotatable bonds is 5. The van der Waals surface area contributed by atoms with Gasteiger partial charge < -0.3 is 19.5 Å². The van der Waals surface area contributed by atoms with Crippen molar-refractivity contribution in [3.8, 4) is 11.5 Å². The zero-order valence-corrected chi connectivity index (χ0v) is 15.1. The van der Waals surface area contributed by atoms with Crippen molar-refractivity contribution in [2.45, 2.75) is 38.6 Å². The molecular weight excluding hydrogens is 356 g/mol. The molecule has 2 aliphatic rings. The first kappa shape index (κ1) is 18.9. The second-order valence-corrected chi connectivity index (χ2v) is 6.78. The van der Waals surface area contributed by atoms with Crippen LogP contribution in [0.3, 0.4) is 0 Å². The van der Waals surface area contributed by atoms with Crippen LogP contribution in [0.1, 0.15) is 43.0 Å². The summed E-state index contributed by atoms with van der Waals surface area (Å²) in [6, 6.07) is 2.42. The van der Waals surface area contributed by atoms with E-state index in [1.54, 1.807) is 0 Å². The minimum Gasteiger partial charge on any atom is -0.486 e. The number of nitro groups is 1. The zero-order chi connectivity index (χ0) is 19.4. The third-order valence-corrected chi connectivity index (χ3v) is 4.87.